The highest BCUT2D eigenvalue weighted by Crippen LogP contribution is 2.38. The largest absolute Gasteiger partial charge is 0.508 e. The van der Waals surface area contributed by atoms with Gasteiger partial charge in [-0.3, -0.25) is 4.90 Å². The number of piperidine rings is 1. The van der Waals surface area contributed by atoms with Crippen molar-refractivity contribution in [2.24, 2.45) is 11.8 Å². The topological polar surface area (TPSA) is 56.2 Å². The zero-order chi connectivity index (χ0) is 25.8. The number of allylic oxidation sites excluding steroid dienone is 1. The lowest BCUT2D eigenvalue weighted by Crippen LogP contribution is -2.44. The SMILES string of the molecule is COC1=CC(N(CCO)Cc2ccc(C3CCN(C)CC3)cc2)C([C@@H]2CCc3cc(O)ccc3C2)C=C1. The molecular formula is C32H42N2O3. The maximum atomic E-state index is 10.0. The fraction of sp³-hybridized carbons (Fsp3) is 0.500. The number of hydrogen-bond donors (Lipinski definition) is 2. The number of aryl methyl sites for hydroxylation is 1. The molecule has 2 unspecified atom stereocenters. The standard InChI is InChI=1S/C32H42N2O3/c1-33-15-13-25(14-16-33)24-5-3-23(4-6-24)22-34(17-18-35)32-21-30(37-2)11-12-31(32)28-8-7-27-20-29(36)10-9-26(27)19-28/h3-6,9-12,20-21,25,28,31-32,35-36H,7-8,13-19,22H2,1-2H3/t28-,31?,32?/m1/s1. The Morgan fingerprint density at radius 2 is 1.81 bits per heavy atom. The van der Waals surface area contributed by atoms with Crippen LogP contribution in [0.4, 0.5) is 0 Å². The molecule has 2 N–H and O–H groups in total. The number of fused-ring (bicyclic) bond motifs is 1. The second kappa shape index (κ2) is 11.8. The Hall–Kier alpha value is -2.60. The van der Waals surface area contributed by atoms with Crippen LogP contribution in [0.5, 0.6) is 5.75 Å². The van der Waals surface area contributed by atoms with Crippen molar-refractivity contribution < 1.29 is 14.9 Å². The van der Waals surface area contributed by atoms with E-state index in [0.717, 1.165) is 31.6 Å². The van der Waals surface area contributed by atoms with E-state index in [-0.39, 0.29) is 12.6 Å². The number of hydrogen-bond acceptors (Lipinski definition) is 5. The van der Waals surface area contributed by atoms with Crippen LogP contribution in [-0.2, 0) is 24.1 Å². The molecule has 2 aromatic rings. The first-order valence-electron chi connectivity index (χ1n) is 13.9. The predicted molar refractivity (Wildman–Crippen MR) is 149 cm³/mol. The fourth-order valence-corrected chi connectivity index (χ4v) is 6.61. The zero-order valence-corrected chi connectivity index (χ0v) is 22.4. The normalized spacial score (nSPS) is 24.6. The minimum atomic E-state index is 0.129. The molecule has 1 fully saturated rings. The minimum absolute atomic E-state index is 0.129. The van der Waals surface area contributed by atoms with Crippen LogP contribution in [-0.4, -0.2) is 66.5 Å². The Morgan fingerprint density at radius 1 is 1.03 bits per heavy atom. The Kier molecular flexibility index (Phi) is 8.33. The molecule has 3 atom stereocenters. The molecule has 0 saturated carbocycles. The molecule has 5 nitrogen and oxygen atoms in total. The molecule has 1 heterocycles. The fourth-order valence-electron chi connectivity index (χ4n) is 6.61. The van der Waals surface area contributed by atoms with Crippen LogP contribution in [0.15, 0.2) is 66.5 Å². The van der Waals surface area contributed by atoms with Crippen LogP contribution in [0.1, 0.15) is 47.4 Å². The van der Waals surface area contributed by atoms with Gasteiger partial charge in [0.2, 0.25) is 0 Å². The van der Waals surface area contributed by atoms with Crippen LogP contribution in [0.2, 0.25) is 0 Å². The number of benzene rings is 2. The predicted octanol–water partition coefficient (Wildman–Crippen LogP) is 4.89. The van der Waals surface area contributed by atoms with E-state index in [1.807, 2.05) is 12.1 Å². The molecule has 0 spiro atoms. The van der Waals surface area contributed by atoms with Crippen molar-refractivity contribution in [2.45, 2.75) is 50.6 Å². The van der Waals surface area contributed by atoms with E-state index in [0.29, 0.717) is 30.0 Å². The third kappa shape index (κ3) is 6.11. The zero-order valence-electron chi connectivity index (χ0n) is 22.4. The summed E-state index contributed by atoms with van der Waals surface area (Å²) >= 11 is 0. The van der Waals surface area contributed by atoms with Gasteiger partial charge in [0.05, 0.1) is 13.7 Å². The van der Waals surface area contributed by atoms with Gasteiger partial charge < -0.3 is 19.8 Å². The lowest BCUT2D eigenvalue weighted by molar-refractivity contribution is 0.115. The number of nitrogens with zero attached hydrogens (tertiary/aromatic N) is 2. The van der Waals surface area contributed by atoms with E-state index in [1.165, 1.54) is 48.2 Å². The van der Waals surface area contributed by atoms with E-state index in [2.05, 4.69) is 65.4 Å². The molecule has 5 heteroatoms. The van der Waals surface area contributed by atoms with Gasteiger partial charge in [0, 0.05) is 19.1 Å². The van der Waals surface area contributed by atoms with Gasteiger partial charge in [0.25, 0.3) is 0 Å². The Bertz CT molecular complexity index is 1100. The molecule has 198 valence electrons. The number of phenols is 1. The van der Waals surface area contributed by atoms with Crippen molar-refractivity contribution in [3.63, 3.8) is 0 Å². The number of likely N-dealkylation sites (tertiary alicyclic amines) is 1. The molecule has 1 aliphatic heterocycles. The van der Waals surface area contributed by atoms with Gasteiger partial charge in [-0.2, -0.15) is 0 Å². The first-order chi connectivity index (χ1) is 18.0. The Morgan fingerprint density at radius 3 is 2.54 bits per heavy atom. The average molecular weight is 503 g/mol. The van der Waals surface area contributed by atoms with Crippen LogP contribution in [0.3, 0.4) is 0 Å². The van der Waals surface area contributed by atoms with Crippen molar-refractivity contribution in [2.75, 3.05) is 40.4 Å². The molecule has 0 amide bonds. The van der Waals surface area contributed by atoms with Crippen LogP contribution in [0, 0.1) is 11.8 Å². The lowest BCUT2D eigenvalue weighted by atomic mass is 9.72. The first-order valence-corrected chi connectivity index (χ1v) is 13.9. The Balaban J connectivity index is 1.33. The van der Waals surface area contributed by atoms with E-state index < -0.39 is 0 Å². The second-order valence-electron chi connectivity index (χ2n) is 11.2. The third-order valence-corrected chi connectivity index (χ3v) is 8.81. The highest BCUT2D eigenvalue weighted by atomic mass is 16.5. The highest BCUT2D eigenvalue weighted by molar-refractivity contribution is 5.37. The average Bonchev–Trinajstić information content (AvgIpc) is 2.93. The molecule has 2 aromatic carbocycles. The van der Waals surface area contributed by atoms with Crippen molar-refractivity contribution in [1.29, 1.82) is 0 Å². The number of rotatable bonds is 8. The molecule has 1 saturated heterocycles. The van der Waals surface area contributed by atoms with Gasteiger partial charge in [-0.05, 0) is 117 Å². The summed E-state index contributed by atoms with van der Waals surface area (Å²) in [5, 5.41) is 19.9. The molecule has 2 aliphatic carbocycles. The number of aliphatic hydroxyl groups excluding tert-OH is 1. The molecule has 0 radical (unpaired) electrons. The van der Waals surface area contributed by atoms with Crippen molar-refractivity contribution in [3.8, 4) is 5.75 Å². The van der Waals surface area contributed by atoms with Gasteiger partial charge >= 0.3 is 0 Å². The summed E-state index contributed by atoms with van der Waals surface area (Å²) in [5.74, 6) is 2.75. The van der Waals surface area contributed by atoms with E-state index >= 15 is 0 Å². The quantitative estimate of drug-likeness (QED) is 0.539. The van der Waals surface area contributed by atoms with Crippen molar-refractivity contribution >= 4 is 0 Å². The second-order valence-corrected chi connectivity index (χ2v) is 11.2. The number of phenolic OH excluding ortho intramolecular Hbond substituents is 1. The maximum Gasteiger partial charge on any atom is 0.116 e. The van der Waals surface area contributed by atoms with Crippen LogP contribution < -0.4 is 0 Å². The minimum Gasteiger partial charge on any atom is -0.508 e. The summed E-state index contributed by atoms with van der Waals surface area (Å²) in [7, 11) is 3.94. The first kappa shape index (κ1) is 26.0. The van der Waals surface area contributed by atoms with Gasteiger partial charge in [-0.1, -0.05) is 36.4 Å². The highest BCUT2D eigenvalue weighted by Gasteiger charge is 2.35. The van der Waals surface area contributed by atoms with Gasteiger partial charge in [-0.25, -0.2) is 0 Å². The summed E-state index contributed by atoms with van der Waals surface area (Å²) in [6, 6.07) is 15.2. The summed E-state index contributed by atoms with van der Waals surface area (Å²) in [4.78, 5) is 4.84. The number of methoxy groups -OCH3 is 1. The molecule has 3 aliphatic rings. The Labute approximate surface area is 222 Å². The van der Waals surface area contributed by atoms with E-state index in [4.69, 9.17) is 4.74 Å². The van der Waals surface area contributed by atoms with Crippen LogP contribution >= 0.6 is 0 Å². The summed E-state index contributed by atoms with van der Waals surface area (Å²) in [6.07, 6.45) is 12.2. The van der Waals surface area contributed by atoms with Gasteiger partial charge in [0.15, 0.2) is 0 Å². The molecular weight excluding hydrogens is 460 g/mol. The lowest BCUT2D eigenvalue weighted by Gasteiger charge is -2.41. The summed E-state index contributed by atoms with van der Waals surface area (Å²) in [6.45, 7) is 3.90. The van der Waals surface area contributed by atoms with Crippen LogP contribution in [0.25, 0.3) is 0 Å². The smallest absolute Gasteiger partial charge is 0.116 e. The van der Waals surface area contributed by atoms with Gasteiger partial charge in [0.1, 0.15) is 11.5 Å². The molecule has 5 rings (SSSR count). The molecule has 0 aromatic heterocycles. The number of ether oxygens (including phenoxy) is 1. The third-order valence-electron chi connectivity index (χ3n) is 8.81. The van der Waals surface area contributed by atoms with E-state index in [1.54, 1.807) is 7.11 Å². The van der Waals surface area contributed by atoms with Gasteiger partial charge in [-0.15, -0.1) is 0 Å². The van der Waals surface area contributed by atoms with E-state index in [9.17, 15) is 10.2 Å². The van der Waals surface area contributed by atoms with Crippen molar-refractivity contribution in [3.05, 3.63) is 88.7 Å². The molecule has 37 heavy (non-hydrogen) atoms. The summed E-state index contributed by atoms with van der Waals surface area (Å²) in [5.41, 5.74) is 5.37. The number of aromatic hydroxyl groups is 1. The van der Waals surface area contributed by atoms with Crippen molar-refractivity contribution in [1.82, 2.24) is 9.80 Å². The monoisotopic (exact) mass is 502 g/mol. The molecule has 0 bridgehead atoms. The number of aliphatic hydroxyl groups is 1. The summed E-state index contributed by atoms with van der Waals surface area (Å²) < 4.78 is 5.65. The maximum absolute atomic E-state index is 10.0.